The van der Waals surface area contributed by atoms with Crippen LogP contribution in [0.2, 0.25) is 5.02 Å². The Bertz CT molecular complexity index is 909. The largest absolute Gasteiger partial charge is 0.353 e. The average molecular weight is 442 g/mol. The maximum atomic E-state index is 13.5. The molecule has 2 heterocycles. The summed E-state index contributed by atoms with van der Waals surface area (Å²) in [4.78, 5) is 26.9. The highest BCUT2D eigenvalue weighted by molar-refractivity contribution is 6.30. The van der Waals surface area contributed by atoms with E-state index in [1.807, 2.05) is 29.2 Å². The summed E-state index contributed by atoms with van der Waals surface area (Å²) in [5, 5.41) is 4.13. The zero-order valence-corrected chi connectivity index (χ0v) is 19.4. The first kappa shape index (κ1) is 22.0. The molecule has 1 N–H and O–H groups in total. The molecule has 1 unspecified atom stereocenters. The van der Waals surface area contributed by atoms with Gasteiger partial charge in [0, 0.05) is 55.0 Å². The predicted octanol–water partition coefficient (Wildman–Crippen LogP) is 3.61. The predicted molar refractivity (Wildman–Crippen MR) is 125 cm³/mol. The lowest BCUT2D eigenvalue weighted by atomic mass is 9.96. The number of rotatable bonds is 6. The molecule has 1 aromatic heterocycles. The number of nitrogens with one attached hydrogen (secondary N) is 1. The number of hydrogen-bond acceptors (Lipinski definition) is 5. The van der Waals surface area contributed by atoms with Crippen LogP contribution in [0.15, 0.2) is 30.6 Å². The maximum absolute atomic E-state index is 13.5. The van der Waals surface area contributed by atoms with Crippen LogP contribution in [0, 0.1) is 0 Å². The molecule has 7 heteroatoms. The van der Waals surface area contributed by atoms with Crippen molar-refractivity contribution in [1.29, 1.82) is 0 Å². The molecule has 166 valence electrons. The molecule has 0 radical (unpaired) electrons. The number of amides is 1. The fourth-order valence-electron chi connectivity index (χ4n) is 4.63. The summed E-state index contributed by atoms with van der Waals surface area (Å²) in [7, 11) is 0. The molecule has 1 saturated heterocycles. The zero-order chi connectivity index (χ0) is 22.0. The molecule has 6 nitrogen and oxygen atoms in total. The van der Waals surface area contributed by atoms with Crippen LogP contribution in [0.4, 0.5) is 5.82 Å². The number of anilines is 1. The standard InChI is InChI=1S/C24H32ClN5O/c1-16(2)26-14-20(18-5-7-19(25)8-6-18)24(31)30-12-10-29(11-13-30)23-22-17(3)4-9-21(22)27-15-28-23/h5-8,15-17,20,26H,4,9-14H2,1-3H3/t17-,20?/m1/s1. The number of aryl methyl sites for hydroxylation is 1. The quantitative estimate of drug-likeness (QED) is 0.741. The fourth-order valence-corrected chi connectivity index (χ4v) is 4.76. The summed E-state index contributed by atoms with van der Waals surface area (Å²) < 4.78 is 0. The van der Waals surface area contributed by atoms with E-state index in [4.69, 9.17) is 11.6 Å². The summed E-state index contributed by atoms with van der Waals surface area (Å²) in [6, 6.07) is 7.98. The van der Waals surface area contributed by atoms with E-state index in [0.717, 1.165) is 37.3 Å². The van der Waals surface area contributed by atoms with Gasteiger partial charge in [0.1, 0.15) is 12.1 Å². The zero-order valence-electron chi connectivity index (χ0n) is 18.6. The third-order valence-corrected chi connectivity index (χ3v) is 6.70. The summed E-state index contributed by atoms with van der Waals surface area (Å²) in [5.41, 5.74) is 3.51. The second-order valence-electron chi connectivity index (χ2n) is 8.98. The van der Waals surface area contributed by atoms with Gasteiger partial charge in [-0.25, -0.2) is 9.97 Å². The molecular formula is C24H32ClN5O. The first-order valence-electron chi connectivity index (χ1n) is 11.3. The Hall–Kier alpha value is -2.18. The van der Waals surface area contributed by atoms with Crippen LogP contribution in [0.1, 0.15) is 55.8 Å². The number of carbonyl (C=O) groups excluding carboxylic acids is 1. The van der Waals surface area contributed by atoms with Crippen molar-refractivity contribution in [2.24, 2.45) is 0 Å². The molecule has 2 atom stereocenters. The molecule has 0 saturated carbocycles. The second kappa shape index (κ2) is 9.53. The van der Waals surface area contributed by atoms with Crippen LogP contribution in [-0.2, 0) is 11.2 Å². The monoisotopic (exact) mass is 441 g/mol. The van der Waals surface area contributed by atoms with E-state index in [1.165, 1.54) is 11.3 Å². The van der Waals surface area contributed by atoms with Crippen molar-refractivity contribution in [3.63, 3.8) is 0 Å². The van der Waals surface area contributed by atoms with Gasteiger partial charge in [-0.1, -0.05) is 44.5 Å². The Morgan fingerprint density at radius 2 is 1.87 bits per heavy atom. The van der Waals surface area contributed by atoms with Crippen LogP contribution < -0.4 is 10.2 Å². The molecule has 31 heavy (non-hydrogen) atoms. The highest BCUT2D eigenvalue weighted by Gasteiger charge is 2.32. The third-order valence-electron chi connectivity index (χ3n) is 6.44. The molecule has 1 amide bonds. The van der Waals surface area contributed by atoms with Crippen molar-refractivity contribution < 1.29 is 4.79 Å². The highest BCUT2D eigenvalue weighted by Crippen LogP contribution is 2.37. The molecule has 2 aliphatic rings. The molecule has 1 aliphatic carbocycles. The van der Waals surface area contributed by atoms with Gasteiger partial charge in [0.2, 0.25) is 5.91 Å². The number of aromatic nitrogens is 2. The molecule has 1 fully saturated rings. The van der Waals surface area contributed by atoms with Crippen molar-refractivity contribution in [3.8, 4) is 0 Å². The lowest BCUT2D eigenvalue weighted by Gasteiger charge is -2.38. The molecule has 0 spiro atoms. The Morgan fingerprint density at radius 3 is 2.55 bits per heavy atom. The normalized spacial score (nSPS) is 19.6. The topological polar surface area (TPSA) is 61.4 Å². The van der Waals surface area contributed by atoms with Crippen LogP contribution in [0.5, 0.6) is 0 Å². The smallest absolute Gasteiger partial charge is 0.231 e. The van der Waals surface area contributed by atoms with Crippen molar-refractivity contribution in [2.75, 3.05) is 37.6 Å². The second-order valence-corrected chi connectivity index (χ2v) is 9.41. The molecule has 4 rings (SSSR count). The average Bonchev–Trinajstić information content (AvgIpc) is 3.16. The fraction of sp³-hybridized carbons (Fsp3) is 0.542. The van der Waals surface area contributed by atoms with Gasteiger partial charge < -0.3 is 15.1 Å². The van der Waals surface area contributed by atoms with E-state index in [9.17, 15) is 4.79 Å². The van der Waals surface area contributed by atoms with Gasteiger partial charge in [0.15, 0.2) is 0 Å². The van der Waals surface area contributed by atoms with Gasteiger partial charge in [0.25, 0.3) is 0 Å². The van der Waals surface area contributed by atoms with Gasteiger partial charge in [0.05, 0.1) is 5.92 Å². The van der Waals surface area contributed by atoms with Gasteiger partial charge in [-0.3, -0.25) is 4.79 Å². The van der Waals surface area contributed by atoms with E-state index in [-0.39, 0.29) is 11.8 Å². The van der Waals surface area contributed by atoms with Gasteiger partial charge >= 0.3 is 0 Å². The Kier molecular flexibility index (Phi) is 6.77. The van der Waals surface area contributed by atoms with E-state index in [1.54, 1.807) is 6.33 Å². The lowest BCUT2D eigenvalue weighted by molar-refractivity contribution is -0.133. The van der Waals surface area contributed by atoms with Crippen molar-refractivity contribution >= 4 is 23.3 Å². The van der Waals surface area contributed by atoms with E-state index < -0.39 is 0 Å². The van der Waals surface area contributed by atoms with Crippen molar-refractivity contribution in [2.45, 2.75) is 51.5 Å². The first-order valence-corrected chi connectivity index (χ1v) is 11.7. The van der Waals surface area contributed by atoms with E-state index >= 15 is 0 Å². The van der Waals surface area contributed by atoms with E-state index in [0.29, 0.717) is 36.6 Å². The minimum absolute atomic E-state index is 0.177. The Balaban J connectivity index is 1.46. The maximum Gasteiger partial charge on any atom is 0.231 e. The van der Waals surface area contributed by atoms with Gasteiger partial charge in [-0.05, 0) is 36.5 Å². The lowest BCUT2D eigenvalue weighted by Crippen LogP contribution is -2.51. The van der Waals surface area contributed by atoms with E-state index in [2.05, 4.69) is 41.0 Å². The Labute approximate surface area is 190 Å². The summed E-state index contributed by atoms with van der Waals surface area (Å²) in [5.74, 6) is 1.53. The Morgan fingerprint density at radius 1 is 1.16 bits per heavy atom. The summed E-state index contributed by atoms with van der Waals surface area (Å²) in [6.07, 6.45) is 3.87. The number of halogens is 1. The molecule has 2 aromatic rings. The number of benzene rings is 1. The minimum atomic E-state index is -0.213. The molecule has 1 aromatic carbocycles. The minimum Gasteiger partial charge on any atom is -0.353 e. The van der Waals surface area contributed by atoms with Crippen molar-refractivity contribution in [3.05, 3.63) is 52.4 Å². The number of nitrogens with zero attached hydrogens (tertiary/aromatic N) is 4. The van der Waals surface area contributed by atoms with Crippen LogP contribution in [0.25, 0.3) is 0 Å². The molecule has 1 aliphatic heterocycles. The molecule has 0 bridgehead atoms. The van der Waals surface area contributed by atoms with Crippen LogP contribution in [0.3, 0.4) is 0 Å². The van der Waals surface area contributed by atoms with Crippen molar-refractivity contribution in [1.82, 2.24) is 20.2 Å². The number of hydrogen-bond donors (Lipinski definition) is 1. The molecular weight excluding hydrogens is 410 g/mol. The highest BCUT2D eigenvalue weighted by atomic mass is 35.5. The number of carbonyl (C=O) groups is 1. The number of fused-ring (bicyclic) bond motifs is 1. The summed E-state index contributed by atoms with van der Waals surface area (Å²) >= 11 is 6.07. The third kappa shape index (κ3) is 4.85. The number of piperazine rings is 1. The SMILES string of the molecule is CC(C)NCC(C(=O)N1CCN(c2ncnc3c2[C@H](C)CC3)CC1)c1ccc(Cl)cc1. The first-order chi connectivity index (χ1) is 14.9. The van der Waals surface area contributed by atoms with Crippen LogP contribution in [-0.4, -0.2) is 59.5 Å². The van der Waals surface area contributed by atoms with Gasteiger partial charge in [-0.2, -0.15) is 0 Å². The summed E-state index contributed by atoms with van der Waals surface area (Å²) in [6.45, 7) is 10.1. The van der Waals surface area contributed by atoms with Gasteiger partial charge in [-0.15, -0.1) is 0 Å². The van der Waals surface area contributed by atoms with Crippen LogP contribution >= 0.6 is 11.6 Å².